The molecule has 1 aliphatic rings. The van der Waals surface area contributed by atoms with Crippen LogP contribution in [0.5, 0.6) is 0 Å². The lowest BCUT2D eigenvalue weighted by Crippen LogP contribution is -2.31. The van der Waals surface area contributed by atoms with Crippen molar-refractivity contribution in [2.24, 2.45) is 0 Å². The number of aromatic amines is 1. The number of benzene rings is 2. The molecule has 5 rings (SSSR count). The number of para-hydroxylation sites is 1. The summed E-state index contributed by atoms with van der Waals surface area (Å²) in [5.74, 6) is 0.773. The molecule has 4 aromatic rings. The zero-order valence-corrected chi connectivity index (χ0v) is 15.6. The monoisotopic (exact) mass is 374 g/mol. The lowest BCUT2D eigenvalue weighted by molar-refractivity contribution is 0.240. The number of hydrogen-bond acceptors (Lipinski definition) is 3. The van der Waals surface area contributed by atoms with Gasteiger partial charge in [-0.25, -0.2) is 9.97 Å². The van der Waals surface area contributed by atoms with Crippen LogP contribution in [0.4, 0.5) is 0 Å². The zero-order valence-electron chi connectivity index (χ0n) is 14.8. The Balaban J connectivity index is 1.34. The topological polar surface area (TPSA) is 44.8 Å². The van der Waals surface area contributed by atoms with Crippen LogP contribution in [-0.4, -0.2) is 26.4 Å². The summed E-state index contributed by atoms with van der Waals surface area (Å²) in [4.78, 5) is 15.3. The molecule has 0 amide bonds. The second-order valence-electron chi connectivity index (χ2n) is 7.01. The van der Waals surface area contributed by atoms with Crippen molar-refractivity contribution in [2.75, 3.05) is 6.54 Å². The second kappa shape index (κ2) is 6.80. The first kappa shape index (κ1) is 16.5. The molecule has 0 bridgehead atoms. The number of hydrogen-bond donors (Lipinski definition) is 1. The number of halogens is 1. The van der Waals surface area contributed by atoms with Crippen LogP contribution in [0.3, 0.4) is 0 Å². The van der Waals surface area contributed by atoms with Crippen LogP contribution in [0.15, 0.2) is 60.8 Å². The van der Waals surface area contributed by atoms with Gasteiger partial charge in [0, 0.05) is 59.6 Å². The van der Waals surface area contributed by atoms with Gasteiger partial charge in [-0.3, -0.25) is 4.90 Å². The van der Waals surface area contributed by atoms with Gasteiger partial charge in [0.25, 0.3) is 0 Å². The molecule has 134 valence electrons. The van der Waals surface area contributed by atoms with Crippen LogP contribution >= 0.6 is 11.6 Å². The zero-order chi connectivity index (χ0) is 18.2. The van der Waals surface area contributed by atoms with Crippen molar-refractivity contribution in [3.05, 3.63) is 82.8 Å². The minimum atomic E-state index is 0.726. The summed E-state index contributed by atoms with van der Waals surface area (Å²) in [5.41, 5.74) is 5.82. The van der Waals surface area contributed by atoms with Crippen molar-refractivity contribution in [3.63, 3.8) is 0 Å². The Morgan fingerprint density at radius 3 is 2.78 bits per heavy atom. The molecule has 5 heteroatoms. The largest absolute Gasteiger partial charge is 0.357 e. The molecule has 0 aliphatic carbocycles. The van der Waals surface area contributed by atoms with Crippen molar-refractivity contribution < 1.29 is 0 Å². The molecule has 0 fully saturated rings. The van der Waals surface area contributed by atoms with Gasteiger partial charge in [-0.2, -0.15) is 0 Å². The molecular formula is C22H19ClN4. The molecule has 0 saturated carbocycles. The van der Waals surface area contributed by atoms with Crippen molar-refractivity contribution in [2.45, 2.75) is 19.5 Å². The predicted octanol–water partition coefficient (Wildman–Crippen LogP) is 4.84. The Morgan fingerprint density at radius 2 is 1.93 bits per heavy atom. The van der Waals surface area contributed by atoms with Gasteiger partial charge in [0.1, 0.15) is 0 Å². The first-order valence-electron chi connectivity index (χ1n) is 9.14. The quantitative estimate of drug-likeness (QED) is 0.558. The van der Waals surface area contributed by atoms with Crippen LogP contribution < -0.4 is 0 Å². The molecule has 27 heavy (non-hydrogen) atoms. The van der Waals surface area contributed by atoms with E-state index in [0.717, 1.165) is 48.2 Å². The van der Waals surface area contributed by atoms with E-state index in [1.54, 1.807) is 0 Å². The molecule has 0 radical (unpaired) electrons. The van der Waals surface area contributed by atoms with E-state index in [-0.39, 0.29) is 0 Å². The van der Waals surface area contributed by atoms with E-state index in [4.69, 9.17) is 16.6 Å². The fourth-order valence-electron chi connectivity index (χ4n) is 3.71. The Bertz CT molecular complexity index is 1070. The van der Waals surface area contributed by atoms with Gasteiger partial charge in [-0.05, 0) is 41.8 Å². The Kier molecular flexibility index (Phi) is 4.15. The molecule has 4 nitrogen and oxygen atoms in total. The fraction of sp³-hybridized carbons (Fsp3) is 0.182. The number of rotatable bonds is 3. The molecular weight excluding hydrogens is 356 g/mol. The van der Waals surface area contributed by atoms with Gasteiger partial charge in [-0.1, -0.05) is 29.8 Å². The standard InChI is InChI=1S/C22H19ClN4/c23-18-7-5-15(6-8-18)22-24-12-17-13-27(10-9-21(17)26-22)14-19-11-16-3-1-2-4-20(16)25-19/h1-8,11-12,25H,9-10,13-14H2. The van der Waals surface area contributed by atoms with Crippen molar-refractivity contribution in [3.8, 4) is 11.4 Å². The van der Waals surface area contributed by atoms with Crippen LogP contribution in [0.25, 0.3) is 22.3 Å². The van der Waals surface area contributed by atoms with E-state index < -0.39 is 0 Å². The minimum absolute atomic E-state index is 0.726. The molecule has 2 aromatic carbocycles. The first-order chi connectivity index (χ1) is 13.2. The fourth-order valence-corrected chi connectivity index (χ4v) is 3.83. The van der Waals surface area contributed by atoms with Gasteiger partial charge >= 0.3 is 0 Å². The normalized spacial score (nSPS) is 14.4. The molecule has 0 spiro atoms. The SMILES string of the molecule is Clc1ccc(-c2ncc3c(n2)CCN(Cc2cc4ccccc4[nH]2)C3)cc1. The van der Waals surface area contributed by atoms with Crippen molar-refractivity contribution in [1.29, 1.82) is 0 Å². The van der Waals surface area contributed by atoms with E-state index in [0.29, 0.717) is 0 Å². The summed E-state index contributed by atoms with van der Waals surface area (Å²) in [6.45, 7) is 2.79. The molecule has 1 aliphatic heterocycles. The van der Waals surface area contributed by atoms with Gasteiger partial charge < -0.3 is 4.98 Å². The smallest absolute Gasteiger partial charge is 0.159 e. The number of H-pyrrole nitrogens is 1. The highest BCUT2D eigenvalue weighted by Gasteiger charge is 2.19. The third-order valence-corrected chi connectivity index (χ3v) is 5.35. The van der Waals surface area contributed by atoms with Crippen LogP contribution in [0.2, 0.25) is 5.02 Å². The molecule has 0 unspecified atom stereocenters. The molecule has 2 aromatic heterocycles. The van der Waals surface area contributed by atoms with Gasteiger partial charge in [0.2, 0.25) is 0 Å². The van der Waals surface area contributed by atoms with Gasteiger partial charge in [0.05, 0.1) is 5.69 Å². The third-order valence-electron chi connectivity index (χ3n) is 5.10. The van der Waals surface area contributed by atoms with E-state index >= 15 is 0 Å². The summed E-state index contributed by atoms with van der Waals surface area (Å²) >= 11 is 5.97. The Labute approximate surface area is 162 Å². The van der Waals surface area contributed by atoms with Crippen molar-refractivity contribution in [1.82, 2.24) is 19.9 Å². The highest BCUT2D eigenvalue weighted by molar-refractivity contribution is 6.30. The molecule has 1 N–H and O–H groups in total. The second-order valence-corrected chi connectivity index (χ2v) is 7.45. The Hall–Kier alpha value is -2.69. The maximum absolute atomic E-state index is 5.97. The summed E-state index contributed by atoms with van der Waals surface area (Å²) in [5, 5.41) is 1.99. The average molecular weight is 375 g/mol. The van der Waals surface area contributed by atoms with Gasteiger partial charge in [-0.15, -0.1) is 0 Å². The molecule has 0 saturated heterocycles. The first-order valence-corrected chi connectivity index (χ1v) is 9.52. The van der Waals surface area contributed by atoms with E-state index in [1.807, 2.05) is 30.5 Å². The number of fused-ring (bicyclic) bond motifs is 2. The minimum Gasteiger partial charge on any atom is -0.357 e. The summed E-state index contributed by atoms with van der Waals surface area (Å²) in [6.07, 6.45) is 2.92. The molecule has 3 heterocycles. The van der Waals surface area contributed by atoms with E-state index in [9.17, 15) is 0 Å². The van der Waals surface area contributed by atoms with Crippen LogP contribution in [-0.2, 0) is 19.5 Å². The van der Waals surface area contributed by atoms with Gasteiger partial charge in [0.15, 0.2) is 5.82 Å². The predicted molar refractivity (Wildman–Crippen MR) is 109 cm³/mol. The maximum Gasteiger partial charge on any atom is 0.159 e. The number of aromatic nitrogens is 3. The molecule has 0 atom stereocenters. The van der Waals surface area contributed by atoms with Crippen LogP contribution in [0.1, 0.15) is 17.0 Å². The number of nitrogens with zero attached hydrogens (tertiary/aromatic N) is 3. The lowest BCUT2D eigenvalue weighted by atomic mass is 10.1. The van der Waals surface area contributed by atoms with E-state index in [2.05, 4.69) is 45.2 Å². The highest BCUT2D eigenvalue weighted by Crippen LogP contribution is 2.24. The maximum atomic E-state index is 5.97. The summed E-state index contributed by atoms with van der Waals surface area (Å²) in [6, 6.07) is 18.3. The Morgan fingerprint density at radius 1 is 1.07 bits per heavy atom. The number of nitrogens with one attached hydrogen (secondary N) is 1. The average Bonchev–Trinajstić information content (AvgIpc) is 3.10. The lowest BCUT2D eigenvalue weighted by Gasteiger charge is -2.27. The summed E-state index contributed by atoms with van der Waals surface area (Å²) < 4.78 is 0. The highest BCUT2D eigenvalue weighted by atomic mass is 35.5. The third kappa shape index (κ3) is 3.34. The van der Waals surface area contributed by atoms with Crippen molar-refractivity contribution >= 4 is 22.5 Å². The van der Waals surface area contributed by atoms with E-state index in [1.165, 1.54) is 22.2 Å². The summed E-state index contributed by atoms with van der Waals surface area (Å²) in [7, 11) is 0. The van der Waals surface area contributed by atoms with Crippen LogP contribution in [0, 0.1) is 0 Å².